The van der Waals surface area contributed by atoms with Crippen LogP contribution in [-0.4, -0.2) is 27.8 Å². The van der Waals surface area contributed by atoms with Crippen LogP contribution in [0.25, 0.3) is 0 Å². The summed E-state index contributed by atoms with van der Waals surface area (Å²) in [5.41, 5.74) is 1.26. The minimum atomic E-state index is 0.0548. The largest absolute Gasteiger partial charge is 0.347 e. The molecule has 2 aromatic heterocycles. The summed E-state index contributed by atoms with van der Waals surface area (Å²) < 4.78 is 0. The third-order valence-corrected chi connectivity index (χ3v) is 3.98. The number of aromatic amines is 1. The molecule has 0 radical (unpaired) electrons. The van der Waals surface area contributed by atoms with Crippen LogP contribution in [0.1, 0.15) is 32.9 Å². The molecular weight excluding hydrogens is 246 g/mol. The normalized spacial score (nSPS) is 10.6. The Morgan fingerprint density at radius 2 is 2.33 bits per heavy atom. The molecule has 4 nitrogen and oxygen atoms in total. The van der Waals surface area contributed by atoms with Crippen molar-refractivity contribution < 1.29 is 4.79 Å². The maximum atomic E-state index is 12.2. The molecule has 2 rings (SSSR count). The highest BCUT2D eigenvalue weighted by Crippen LogP contribution is 2.23. The van der Waals surface area contributed by atoms with Crippen LogP contribution < -0.4 is 0 Å². The summed E-state index contributed by atoms with van der Waals surface area (Å²) in [6.45, 7) is 4.67. The van der Waals surface area contributed by atoms with E-state index in [0.717, 1.165) is 17.1 Å². The van der Waals surface area contributed by atoms with E-state index in [9.17, 15) is 4.79 Å². The van der Waals surface area contributed by atoms with Gasteiger partial charge < -0.3 is 9.88 Å². The zero-order chi connectivity index (χ0) is 13.1. The van der Waals surface area contributed by atoms with Gasteiger partial charge >= 0.3 is 0 Å². The highest BCUT2D eigenvalue weighted by atomic mass is 32.1. The van der Waals surface area contributed by atoms with Gasteiger partial charge in [0.1, 0.15) is 5.82 Å². The first kappa shape index (κ1) is 12.8. The number of H-pyrrole nitrogens is 1. The van der Waals surface area contributed by atoms with Gasteiger partial charge in [-0.15, -0.1) is 11.3 Å². The number of hydrogen-bond donors (Lipinski definition) is 1. The molecule has 0 atom stereocenters. The van der Waals surface area contributed by atoms with Gasteiger partial charge in [0.15, 0.2) is 0 Å². The Balaban J connectivity index is 2.10. The number of aryl methyl sites for hydroxylation is 2. The third-order valence-electron chi connectivity index (χ3n) is 2.90. The first-order chi connectivity index (χ1) is 8.61. The van der Waals surface area contributed by atoms with Gasteiger partial charge in [-0.25, -0.2) is 4.98 Å². The van der Waals surface area contributed by atoms with Crippen LogP contribution in [0, 0.1) is 6.92 Å². The Labute approximate surface area is 111 Å². The molecule has 0 fully saturated rings. The average molecular weight is 263 g/mol. The summed E-state index contributed by atoms with van der Waals surface area (Å²) in [5, 5.41) is 0. The fourth-order valence-corrected chi connectivity index (χ4v) is 2.95. The van der Waals surface area contributed by atoms with Crippen LogP contribution in [0.15, 0.2) is 18.5 Å². The van der Waals surface area contributed by atoms with Crippen molar-refractivity contribution in [3.8, 4) is 0 Å². The Morgan fingerprint density at radius 3 is 2.89 bits per heavy atom. The molecule has 0 aliphatic heterocycles. The number of nitrogens with zero attached hydrogens (tertiary/aromatic N) is 2. The van der Waals surface area contributed by atoms with E-state index in [0.29, 0.717) is 6.54 Å². The number of amides is 1. The van der Waals surface area contributed by atoms with Crippen molar-refractivity contribution in [3.63, 3.8) is 0 Å². The number of thiophene rings is 1. The van der Waals surface area contributed by atoms with Crippen LogP contribution >= 0.6 is 11.3 Å². The number of hydrogen-bond acceptors (Lipinski definition) is 3. The third kappa shape index (κ3) is 2.61. The number of carbonyl (C=O) groups is 1. The van der Waals surface area contributed by atoms with Gasteiger partial charge in [0.25, 0.3) is 5.91 Å². The maximum Gasteiger partial charge on any atom is 0.264 e. The Kier molecular flexibility index (Phi) is 3.81. The fraction of sp³-hybridized carbons (Fsp3) is 0.385. The van der Waals surface area contributed by atoms with Gasteiger partial charge in [-0.3, -0.25) is 4.79 Å². The number of nitrogens with one attached hydrogen (secondary N) is 1. The highest BCUT2D eigenvalue weighted by Gasteiger charge is 2.16. The lowest BCUT2D eigenvalue weighted by Crippen LogP contribution is -2.25. The topological polar surface area (TPSA) is 49.0 Å². The molecule has 5 heteroatoms. The molecular formula is C13H17N3OS. The van der Waals surface area contributed by atoms with Gasteiger partial charge in [0, 0.05) is 24.3 Å². The van der Waals surface area contributed by atoms with Crippen LogP contribution in [0.2, 0.25) is 0 Å². The Bertz CT molecular complexity index is 530. The lowest BCUT2D eigenvalue weighted by atomic mass is 10.2. The number of imidazole rings is 1. The number of carbonyl (C=O) groups excluding carboxylic acids is 1. The lowest BCUT2D eigenvalue weighted by molar-refractivity contribution is 0.0786. The smallest absolute Gasteiger partial charge is 0.264 e. The van der Waals surface area contributed by atoms with Crippen molar-refractivity contribution in [2.24, 2.45) is 0 Å². The van der Waals surface area contributed by atoms with Crippen LogP contribution in [0.4, 0.5) is 0 Å². The number of aromatic nitrogens is 2. The first-order valence-electron chi connectivity index (χ1n) is 5.94. The van der Waals surface area contributed by atoms with Crippen LogP contribution in [-0.2, 0) is 13.0 Å². The molecule has 18 heavy (non-hydrogen) atoms. The molecule has 2 aromatic rings. The van der Waals surface area contributed by atoms with E-state index in [2.05, 4.69) is 23.8 Å². The van der Waals surface area contributed by atoms with Gasteiger partial charge in [0.2, 0.25) is 0 Å². The molecule has 2 heterocycles. The van der Waals surface area contributed by atoms with Crippen molar-refractivity contribution in [1.82, 2.24) is 14.9 Å². The van der Waals surface area contributed by atoms with E-state index in [1.807, 2.05) is 6.07 Å². The van der Waals surface area contributed by atoms with Gasteiger partial charge in [0.05, 0.1) is 11.4 Å². The predicted molar refractivity (Wildman–Crippen MR) is 72.8 cm³/mol. The van der Waals surface area contributed by atoms with Crippen molar-refractivity contribution in [2.75, 3.05) is 7.05 Å². The maximum absolute atomic E-state index is 12.2. The predicted octanol–water partition coefficient (Wildman–Crippen LogP) is 2.61. The van der Waals surface area contributed by atoms with E-state index in [4.69, 9.17) is 0 Å². The zero-order valence-electron chi connectivity index (χ0n) is 10.9. The summed E-state index contributed by atoms with van der Waals surface area (Å²) in [7, 11) is 1.80. The van der Waals surface area contributed by atoms with E-state index < -0.39 is 0 Å². The van der Waals surface area contributed by atoms with Crippen LogP contribution in [0.3, 0.4) is 0 Å². The molecule has 0 spiro atoms. The summed E-state index contributed by atoms with van der Waals surface area (Å²) in [6, 6.07) is 2.00. The molecule has 0 aliphatic rings. The SMILES string of the molecule is CCc1cc(C(=O)N(C)Cc2ncc[nH]2)sc1C. The van der Waals surface area contributed by atoms with Crippen LogP contribution in [0.5, 0.6) is 0 Å². The molecule has 0 saturated heterocycles. The molecule has 0 bridgehead atoms. The number of rotatable bonds is 4. The monoisotopic (exact) mass is 263 g/mol. The zero-order valence-corrected chi connectivity index (χ0v) is 11.7. The Morgan fingerprint density at radius 1 is 1.56 bits per heavy atom. The van der Waals surface area contributed by atoms with Crippen molar-refractivity contribution in [3.05, 3.63) is 39.6 Å². The van der Waals surface area contributed by atoms with Gasteiger partial charge in [-0.2, -0.15) is 0 Å². The summed E-state index contributed by atoms with van der Waals surface area (Å²) in [5.74, 6) is 0.856. The second kappa shape index (κ2) is 5.35. The molecule has 0 saturated carbocycles. The molecule has 0 aromatic carbocycles. The summed E-state index contributed by atoms with van der Waals surface area (Å²) >= 11 is 1.57. The molecule has 96 valence electrons. The molecule has 0 unspecified atom stereocenters. The van der Waals surface area contributed by atoms with E-state index >= 15 is 0 Å². The second-order valence-corrected chi connectivity index (χ2v) is 5.50. The van der Waals surface area contributed by atoms with E-state index in [1.165, 1.54) is 10.4 Å². The second-order valence-electron chi connectivity index (χ2n) is 4.24. The summed E-state index contributed by atoms with van der Waals surface area (Å²) in [6.07, 6.45) is 4.42. The highest BCUT2D eigenvalue weighted by molar-refractivity contribution is 7.14. The summed E-state index contributed by atoms with van der Waals surface area (Å²) in [4.78, 5) is 23.1. The standard InChI is InChI=1S/C13H17N3OS/c1-4-10-7-11(18-9(10)2)13(17)16(3)8-12-14-5-6-15-12/h5-7H,4,8H2,1-3H3,(H,14,15). The van der Waals surface area contributed by atoms with E-state index in [1.54, 1.807) is 35.7 Å². The van der Waals surface area contributed by atoms with Crippen molar-refractivity contribution in [1.29, 1.82) is 0 Å². The minimum absolute atomic E-state index is 0.0548. The first-order valence-corrected chi connectivity index (χ1v) is 6.76. The Hall–Kier alpha value is -1.62. The lowest BCUT2D eigenvalue weighted by Gasteiger charge is -2.14. The molecule has 0 aliphatic carbocycles. The average Bonchev–Trinajstić information content (AvgIpc) is 2.97. The van der Waals surface area contributed by atoms with Crippen molar-refractivity contribution >= 4 is 17.2 Å². The van der Waals surface area contributed by atoms with E-state index in [-0.39, 0.29) is 5.91 Å². The fourth-order valence-electron chi connectivity index (χ4n) is 1.85. The molecule has 1 amide bonds. The van der Waals surface area contributed by atoms with Crippen molar-refractivity contribution in [2.45, 2.75) is 26.8 Å². The van der Waals surface area contributed by atoms with Gasteiger partial charge in [-0.1, -0.05) is 6.92 Å². The quantitative estimate of drug-likeness (QED) is 0.921. The molecule has 1 N–H and O–H groups in total. The van der Waals surface area contributed by atoms with Gasteiger partial charge in [-0.05, 0) is 25.0 Å². The minimum Gasteiger partial charge on any atom is -0.347 e.